The van der Waals surface area contributed by atoms with Gasteiger partial charge in [-0.2, -0.15) is 0 Å². The summed E-state index contributed by atoms with van der Waals surface area (Å²) in [6.07, 6.45) is 5.26. The fraction of sp³-hybridized carbons (Fsp3) is 1.00. The molecule has 12 heavy (non-hydrogen) atoms. The van der Waals surface area contributed by atoms with Gasteiger partial charge in [0.05, 0.1) is 5.60 Å². The first kappa shape index (κ1) is 8.52. The Morgan fingerprint density at radius 3 is 2.25 bits per heavy atom. The number of aliphatic hydroxyl groups is 1. The molecule has 1 saturated heterocycles. The van der Waals surface area contributed by atoms with Gasteiger partial charge in [0.1, 0.15) is 0 Å². The quantitative estimate of drug-likeness (QED) is 0.683. The highest BCUT2D eigenvalue weighted by Crippen LogP contribution is 2.48. The van der Waals surface area contributed by atoms with Crippen molar-refractivity contribution in [2.75, 3.05) is 13.2 Å². The lowest BCUT2D eigenvalue weighted by molar-refractivity contribution is -0.0103. The highest BCUT2D eigenvalue weighted by atomic mass is 16.5. The molecule has 1 saturated carbocycles. The van der Waals surface area contributed by atoms with Gasteiger partial charge in [-0.1, -0.05) is 6.92 Å². The Morgan fingerprint density at radius 2 is 1.75 bits per heavy atom. The fourth-order valence-corrected chi connectivity index (χ4v) is 2.16. The molecular weight excluding hydrogens is 152 g/mol. The first-order valence-corrected chi connectivity index (χ1v) is 4.92. The molecule has 0 unspecified atom stereocenters. The van der Waals surface area contributed by atoms with E-state index in [-0.39, 0.29) is 5.60 Å². The number of ether oxygens (including phenoxy) is 1. The molecule has 1 N–H and O–H groups in total. The molecule has 0 spiro atoms. The highest BCUT2D eigenvalue weighted by Gasteiger charge is 2.46. The number of hydrogen-bond acceptors (Lipinski definition) is 2. The first-order valence-electron chi connectivity index (χ1n) is 4.92. The van der Waals surface area contributed by atoms with Crippen molar-refractivity contribution in [2.24, 2.45) is 5.41 Å². The maximum Gasteiger partial charge on any atom is 0.0655 e. The summed E-state index contributed by atoms with van der Waals surface area (Å²) in [7, 11) is 0. The number of rotatable bonds is 2. The van der Waals surface area contributed by atoms with Gasteiger partial charge in [-0.05, 0) is 37.5 Å². The lowest BCUT2D eigenvalue weighted by Gasteiger charge is -2.35. The molecule has 1 aliphatic heterocycles. The molecule has 2 fully saturated rings. The molecule has 2 rings (SSSR count). The Bertz CT molecular complexity index is 167. The molecule has 0 radical (unpaired) electrons. The Labute approximate surface area is 73.9 Å². The smallest absolute Gasteiger partial charge is 0.0655 e. The van der Waals surface area contributed by atoms with Crippen LogP contribution in [-0.4, -0.2) is 23.9 Å². The van der Waals surface area contributed by atoms with E-state index in [1.54, 1.807) is 0 Å². The Morgan fingerprint density at radius 1 is 1.17 bits per heavy atom. The predicted octanol–water partition coefficient (Wildman–Crippen LogP) is 1.72. The average Bonchev–Trinajstić information content (AvgIpc) is 2.67. The van der Waals surface area contributed by atoms with Crippen LogP contribution in [0.3, 0.4) is 0 Å². The minimum Gasteiger partial charge on any atom is -0.390 e. The molecule has 0 amide bonds. The summed E-state index contributed by atoms with van der Waals surface area (Å²) >= 11 is 0. The SMILES string of the molecule is CC1(CC2(O)CC2)CCOCC1. The van der Waals surface area contributed by atoms with Crippen molar-refractivity contribution < 1.29 is 9.84 Å². The van der Waals surface area contributed by atoms with Crippen molar-refractivity contribution in [1.82, 2.24) is 0 Å². The van der Waals surface area contributed by atoms with Crippen LogP contribution >= 0.6 is 0 Å². The normalized spacial score (nSPS) is 31.5. The zero-order chi connectivity index (χ0) is 8.66. The maximum absolute atomic E-state index is 9.81. The van der Waals surface area contributed by atoms with E-state index in [9.17, 15) is 5.11 Å². The van der Waals surface area contributed by atoms with Crippen LogP contribution in [0.25, 0.3) is 0 Å². The van der Waals surface area contributed by atoms with Gasteiger partial charge >= 0.3 is 0 Å². The largest absolute Gasteiger partial charge is 0.390 e. The van der Waals surface area contributed by atoms with E-state index in [1.165, 1.54) is 0 Å². The molecule has 2 heteroatoms. The molecule has 1 aliphatic carbocycles. The van der Waals surface area contributed by atoms with Crippen LogP contribution in [0.2, 0.25) is 0 Å². The minimum atomic E-state index is -0.286. The molecule has 2 nitrogen and oxygen atoms in total. The Kier molecular flexibility index (Phi) is 1.92. The molecule has 0 atom stereocenters. The maximum atomic E-state index is 9.81. The summed E-state index contributed by atoms with van der Waals surface area (Å²) in [6.45, 7) is 4.05. The van der Waals surface area contributed by atoms with E-state index in [0.29, 0.717) is 5.41 Å². The topological polar surface area (TPSA) is 29.5 Å². The third kappa shape index (κ3) is 1.80. The van der Waals surface area contributed by atoms with Crippen LogP contribution in [0.5, 0.6) is 0 Å². The van der Waals surface area contributed by atoms with Crippen molar-refractivity contribution in [1.29, 1.82) is 0 Å². The van der Waals surface area contributed by atoms with Gasteiger partial charge in [-0.15, -0.1) is 0 Å². The van der Waals surface area contributed by atoms with E-state index >= 15 is 0 Å². The molecule has 0 aromatic carbocycles. The lowest BCUT2D eigenvalue weighted by Crippen LogP contribution is -2.31. The van der Waals surface area contributed by atoms with Gasteiger partial charge in [0.15, 0.2) is 0 Å². The van der Waals surface area contributed by atoms with Crippen LogP contribution in [0.4, 0.5) is 0 Å². The van der Waals surface area contributed by atoms with E-state index in [1.807, 2.05) is 0 Å². The summed E-state index contributed by atoms with van der Waals surface area (Å²) in [5.74, 6) is 0. The van der Waals surface area contributed by atoms with Crippen LogP contribution in [-0.2, 0) is 4.74 Å². The second-order valence-corrected chi connectivity index (χ2v) is 4.82. The van der Waals surface area contributed by atoms with Gasteiger partial charge < -0.3 is 9.84 Å². The van der Waals surface area contributed by atoms with Crippen LogP contribution in [0.15, 0.2) is 0 Å². The predicted molar refractivity (Wildman–Crippen MR) is 47.0 cm³/mol. The highest BCUT2D eigenvalue weighted by molar-refractivity contribution is 4.98. The zero-order valence-corrected chi connectivity index (χ0v) is 7.81. The molecule has 1 heterocycles. The summed E-state index contributed by atoms with van der Waals surface area (Å²) in [4.78, 5) is 0. The van der Waals surface area contributed by atoms with Crippen molar-refractivity contribution in [2.45, 2.75) is 44.6 Å². The molecule has 70 valence electrons. The third-order valence-corrected chi connectivity index (χ3v) is 3.28. The Balaban J connectivity index is 1.90. The van der Waals surface area contributed by atoms with Crippen molar-refractivity contribution in [3.05, 3.63) is 0 Å². The van der Waals surface area contributed by atoms with E-state index in [2.05, 4.69) is 6.92 Å². The zero-order valence-electron chi connectivity index (χ0n) is 7.81. The monoisotopic (exact) mass is 170 g/mol. The molecule has 0 bridgehead atoms. The van der Waals surface area contributed by atoms with Gasteiger partial charge in [-0.3, -0.25) is 0 Å². The van der Waals surface area contributed by atoms with Crippen LogP contribution < -0.4 is 0 Å². The lowest BCUT2D eigenvalue weighted by atomic mass is 9.77. The van der Waals surface area contributed by atoms with E-state index in [0.717, 1.165) is 45.3 Å². The molecule has 0 aromatic rings. The summed E-state index contributed by atoms with van der Waals surface area (Å²) in [5, 5.41) is 9.81. The average molecular weight is 170 g/mol. The summed E-state index contributed by atoms with van der Waals surface area (Å²) in [6, 6.07) is 0. The second kappa shape index (κ2) is 2.71. The van der Waals surface area contributed by atoms with Crippen LogP contribution in [0.1, 0.15) is 39.0 Å². The van der Waals surface area contributed by atoms with Gasteiger partial charge in [-0.25, -0.2) is 0 Å². The van der Waals surface area contributed by atoms with Crippen molar-refractivity contribution in [3.8, 4) is 0 Å². The third-order valence-electron chi connectivity index (χ3n) is 3.28. The Hall–Kier alpha value is -0.0800. The summed E-state index contributed by atoms with van der Waals surface area (Å²) in [5.41, 5.74) is 0.0651. The molecular formula is C10H18O2. The first-order chi connectivity index (χ1) is 5.62. The molecule has 2 aliphatic rings. The summed E-state index contributed by atoms with van der Waals surface area (Å²) < 4.78 is 5.32. The standard InChI is InChI=1S/C10H18O2/c1-9(4-6-12-7-5-9)8-10(11)2-3-10/h11H,2-8H2,1H3. The fourth-order valence-electron chi connectivity index (χ4n) is 2.16. The van der Waals surface area contributed by atoms with Crippen molar-refractivity contribution in [3.63, 3.8) is 0 Å². The van der Waals surface area contributed by atoms with Gasteiger partial charge in [0.2, 0.25) is 0 Å². The second-order valence-electron chi connectivity index (χ2n) is 4.82. The minimum absolute atomic E-state index is 0.286. The van der Waals surface area contributed by atoms with E-state index in [4.69, 9.17) is 4.74 Å². The van der Waals surface area contributed by atoms with Crippen molar-refractivity contribution >= 4 is 0 Å². The number of hydrogen-bond donors (Lipinski definition) is 1. The van der Waals surface area contributed by atoms with E-state index < -0.39 is 0 Å². The van der Waals surface area contributed by atoms with Crippen LogP contribution in [0, 0.1) is 5.41 Å². The van der Waals surface area contributed by atoms with Gasteiger partial charge in [0.25, 0.3) is 0 Å². The van der Waals surface area contributed by atoms with Gasteiger partial charge in [0, 0.05) is 13.2 Å². The molecule has 0 aromatic heterocycles.